The Labute approximate surface area is 103 Å². The van der Waals surface area contributed by atoms with E-state index in [-0.39, 0.29) is 23.6 Å². The summed E-state index contributed by atoms with van der Waals surface area (Å²) in [4.78, 5) is 3.93. The molecule has 1 saturated heterocycles. The van der Waals surface area contributed by atoms with Crippen molar-refractivity contribution in [1.82, 2.24) is 0 Å². The van der Waals surface area contributed by atoms with Crippen molar-refractivity contribution < 1.29 is 13.9 Å². The fraction of sp³-hybridized carbons (Fsp3) is 0.364. The van der Waals surface area contributed by atoms with Crippen LogP contribution in [-0.2, 0) is 4.74 Å². The second-order valence-electron chi connectivity index (χ2n) is 3.63. The van der Waals surface area contributed by atoms with E-state index in [1.54, 1.807) is 6.07 Å². The summed E-state index contributed by atoms with van der Waals surface area (Å²) in [6.07, 6.45) is -0.0632. The highest BCUT2D eigenvalue weighted by Crippen LogP contribution is 2.25. The van der Waals surface area contributed by atoms with E-state index in [1.807, 2.05) is 0 Å². The van der Waals surface area contributed by atoms with Gasteiger partial charge in [-0.05, 0) is 12.1 Å². The predicted octanol–water partition coefficient (Wildman–Crippen LogP) is 1.83. The molecule has 0 aliphatic carbocycles. The van der Waals surface area contributed by atoms with Crippen LogP contribution in [0.25, 0.3) is 0 Å². The van der Waals surface area contributed by atoms with E-state index in [0.717, 1.165) is 0 Å². The molecule has 0 amide bonds. The molecule has 2 N–H and O–H groups in total. The monoisotopic (exact) mass is 258 g/mol. The maximum atomic E-state index is 13.6. The highest BCUT2D eigenvalue weighted by Gasteiger charge is 2.21. The summed E-state index contributed by atoms with van der Waals surface area (Å²) in [5, 5.41) is 0. The average molecular weight is 259 g/mol. The normalized spacial score (nSPS) is 16.7. The summed E-state index contributed by atoms with van der Waals surface area (Å²) in [5.74, 6) is 0.0774. The number of aliphatic imine (C=N–C) groups is 1. The van der Waals surface area contributed by atoms with Crippen molar-refractivity contribution in [3.05, 3.63) is 24.0 Å². The van der Waals surface area contributed by atoms with Crippen molar-refractivity contribution >= 4 is 23.1 Å². The summed E-state index contributed by atoms with van der Waals surface area (Å²) in [5.41, 5.74) is 5.87. The Morgan fingerprint density at radius 1 is 1.59 bits per heavy atom. The number of hydrogen-bond donors (Lipinski definition) is 1. The number of nitrogens with two attached hydrogens (primary N) is 1. The molecular formula is C11H12ClFN2O2. The standard InChI is InChI=1S/C11H12ClFN2O2/c12-4-11(14)15-7-1-2-10(9(13)3-7)17-8-5-16-6-8/h1-3,8H,4-6H2,(H2,14,15). The fourth-order valence-electron chi connectivity index (χ4n) is 1.31. The molecule has 0 radical (unpaired) electrons. The number of hydrogen-bond acceptors (Lipinski definition) is 3. The Hall–Kier alpha value is -1.33. The molecule has 1 aromatic carbocycles. The van der Waals surface area contributed by atoms with Gasteiger partial charge in [0.25, 0.3) is 0 Å². The maximum absolute atomic E-state index is 13.6. The molecule has 0 bridgehead atoms. The average Bonchev–Trinajstić information content (AvgIpc) is 2.25. The van der Waals surface area contributed by atoms with Crippen molar-refractivity contribution in [3.63, 3.8) is 0 Å². The number of ether oxygens (including phenoxy) is 2. The van der Waals surface area contributed by atoms with Crippen LogP contribution in [0, 0.1) is 5.82 Å². The predicted molar refractivity (Wildman–Crippen MR) is 63.6 cm³/mol. The minimum atomic E-state index is -0.472. The Bertz CT molecular complexity index is 435. The van der Waals surface area contributed by atoms with E-state index < -0.39 is 5.82 Å². The maximum Gasteiger partial charge on any atom is 0.167 e. The summed E-state index contributed by atoms with van der Waals surface area (Å²) >= 11 is 5.48. The highest BCUT2D eigenvalue weighted by atomic mass is 35.5. The van der Waals surface area contributed by atoms with Crippen LogP contribution in [0.15, 0.2) is 23.2 Å². The molecule has 2 rings (SSSR count). The Kier molecular flexibility index (Phi) is 3.81. The molecule has 1 heterocycles. The Morgan fingerprint density at radius 2 is 2.35 bits per heavy atom. The Balaban J connectivity index is 2.10. The lowest BCUT2D eigenvalue weighted by Crippen LogP contribution is -2.38. The topological polar surface area (TPSA) is 56.8 Å². The lowest BCUT2D eigenvalue weighted by atomic mass is 10.2. The number of amidine groups is 1. The van der Waals surface area contributed by atoms with Crippen LogP contribution in [0.3, 0.4) is 0 Å². The molecule has 0 unspecified atom stereocenters. The van der Waals surface area contributed by atoms with E-state index in [1.165, 1.54) is 12.1 Å². The number of halogens is 2. The largest absolute Gasteiger partial charge is 0.483 e. The quantitative estimate of drug-likeness (QED) is 0.509. The van der Waals surface area contributed by atoms with Gasteiger partial charge in [-0.15, -0.1) is 11.6 Å². The summed E-state index contributed by atoms with van der Waals surface area (Å²) in [7, 11) is 0. The number of alkyl halides is 1. The highest BCUT2D eigenvalue weighted by molar-refractivity contribution is 6.28. The van der Waals surface area contributed by atoms with Crippen LogP contribution in [0.4, 0.5) is 10.1 Å². The molecule has 1 aliphatic rings. The van der Waals surface area contributed by atoms with Gasteiger partial charge in [0, 0.05) is 6.07 Å². The lowest BCUT2D eigenvalue weighted by Gasteiger charge is -2.26. The molecule has 4 nitrogen and oxygen atoms in total. The molecule has 0 aromatic heterocycles. The van der Waals surface area contributed by atoms with Gasteiger partial charge >= 0.3 is 0 Å². The van der Waals surface area contributed by atoms with Crippen LogP contribution in [0.1, 0.15) is 0 Å². The molecule has 92 valence electrons. The zero-order valence-corrected chi connectivity index (χ0v) is 9.78. The van der Waals surface area contributed by atoms with Crippen molar-refractivity contribution in [1.29, 1.82) is 0 Å². The van der Waals surface area contributed by atoms with Crippen LogP contribution in [-0.4, -0.2) is 31.0 Å². The van der Waals surface area contributed by atoms with Gasteiger partial charge in [-0.2, -0.15) is 0 Å². The number of rotatable bonds is 4. The molecule has 0 atom stereocenters. The van der Waals surface area contributed by atoms with E-state index in [2.05, 4.69) is 4.99 Å². The van der Waals surface area contributed by atoms with Crippen molar-refractivity contribution in [2.75, 3.05) is 19.1 Å². The summed E-state index contributed by atoms with van der Waals surface area (Å²) < 4.78 is 23.9. The SMILES string of the molecule is NC(CCl)=Nc1ccc(OC2COC2)c(F)c1. The van der Waals surface area contributed by atoms with Crippen LogP contribution >= 0.6 is 11.6 Å². The van der Waals surface area contributed by atoms with Gasteiger partial charge in [-0.25, -0.2) is 9.38 Å². The fourth-order valence-corrected chi connectivity index (χ4v) is 1.37. The van der Waals surface area contributed by atoms with Gasteiger partial charge in [0.1, 0.15) is 11.9 Å². The second kappa shape index (κ2) is 5.33. The van der Waals surface area contributed by atoms with Gasteiger partial charge in [-0.3, -0.25) is 0 Å². The smallest absolute Gasteiger partial charge is 0.167 e. The first-order valence-corrected chi connectivity index (χ1v) is 5.65. The first-order valence-electron chi connectivity index (χ1n) is 5.12. The molecule has 0 saturated carbocycles. The van der Waals surface area contributed by atoms with Crippen molar-refractivity contribution in [3.8, 4) is 5.75 Å². The Morgan fingerprint density at radius 3 is 2.88 bits per heavy atom. The third-order valence-corrected chi connectivity index (χ3v) is 2.50. The first kappa shape index (κ1) is 12.1. The molecule has 0 spiro atoms. The lowest BCUT2D eigenvalue weighted by molar-refractivity contribution is -0.0808. The minimum Gasteiger partial charge on any atom is -0.483 e. The zero-order chi connectivity index (χ0) is 12.3. The van der Waals surface area contributed by atoms with Gasteiger partial charge in [0.2, 0.25) is 0 Å². The molecule has 1 aromatic rings. The zero-order valence-electron chi connectivity index (χ0n) is 9.03. The number of nitrogens with zero attached hydrogens (tertiary/aromatic N) is 1. The van der Waals surface area contributed by atoms with Crippen molar-refractivity contribution in [2.24, 2.45) is 10.7 Å². The van der Waals surface area contributed by atoms with Crippen molar-refractivity contribution in [2.45, 2.75) is 6.10 Å². The van der Waals surface area contributed by atoms with Gasteiger partial charge in [0.05, 0.1) is 24.8 Å². The number of benzene rings is 1. The van der Waals surface area contributed by atoms with E-state index >= 15 is 0 Å². The molecule has 1 fully saturated rings. The molecule has 6 heteroatoms. The molecule has 17 heavy (non-hydrogen) atoms. The van der Waals surface area contributed by atoms with Gasteiger partial charge in [0.15, 0.2) is 11.6 Å². The third kappa shape index (κ3) is 3.08. The molecule has 1 aliphatic heterocycles. The van der Waals surface area contributed by atoms with Crippen LogP contribution in [0.2, 0.25) is 0 Å². The second-order valence-corrected chi connectivity index (χ2v) is 3.90. The van der Waals surface area contributed by atoms with Crippen LogP contribution in [0.5, 0.6) is 5.75 Å². The minimum absolute atomic E-state index is 0.0632. The van der Waals surface area contributed by atoms with Crippen LogP contribution < -0.4 is 10.5 Å². The third-order valence-electron chi connectivity index (χ3n) is 2.23. The summed E-state index contributed by atoms with van der Waals surface area (Å²) in [6, 6.07) is 4.40. The summed E-state index contributed by atoms with van der Waals surface area (Å²) in [6.45, 7) is 0.997. The van der Waals surface area contributed by atoms with E-state index in [4.69, 9.17) is 26.8 Å². The van der Waals surface area contributed by atoms with Gasteiger partial charge in [-0.1, -0.05) is 0 Å². The first-order chi connectivity index (χ1) is 8.19. The molecular weight excluding hydrogens is 247 g/mol. The van der Waals surface area contributed by atoms with E-state index in [0.29, 0.717) is 18.9 Å². The van der Waals surface area contributed by atoms with E-state index in [9.17, 15) is 4.39 Å². The van der Waals surface area contributed by atoms with Gasteiger partial charge < -0.3 is 15.2 Å².